The Bertz CT molecular complexity index is 1030. The van der Waals surface area contributed by atoms with Crippen molar-refractivity contribution >= 4 is 17.5 Å². The summed E-state index contributed by atoms with van der Waals surface area (Å²) in [6.45, 7) is 3.18. The van der Waals surface area contributed by atoms with Crippen molar-refractivity contribution in [3.63, 3.8) is 0 Å². The van der Waals surface area contributed by atoms with Crippen molar-refractivity contribution in [2.75, 3.05) is 13.1 Å². The second-order valence-corrected chi connectivity index (χ2v) is 8.28. The Labute approximate surface area is 174 Å². The summed E-state index contributed by atoms with van der Waals surface area (Å²) < 4.78 is 1.63. The van der Waals surface area contributed by atoms with Gasteiger partial charge in [-0.25, -0.2) is 9.67 Å². The quantitative estimate of drug-likeness (QED) is 0.708. The molecule has 1 aliphatic heterocycles. The van der Waals surface area contributed by atoms with Crippen LogP contribution in [0.15, 0.2) is 30.3 Å². The average Bonchev–Trinajstić information content (AvgIpc) is 3.41. The fourth-order valence-electron chi connectivity index (χ4n) is 3.99. The molecule has 1 amide bonds. The summed E-state index contributed by atoms with van der Waals surface area (Å²) in [5, 5.41) is 12.3. The SMILES string of the molecule is Cc1nn(-c2ccccc2)c(Cl)c1C(=O)N1CCC(c2nc(C3CC3)n[nH]2)CC1. The molecule has 29 heavy (non-hydrogen) atoms. The van der Waals surface area contributed by atoms with Crippen LogP contribution in [-0.4, -0.2) is 48.9 Å². The zero-order valence-electron chi connectivity index (χ0n) is 16.3. The Morgan fingerprint density at radius 3 is 2.52 bits per heavy atom. The van der Waals surface area contributed by atoms with Crippen LogP contribution in [-0.2, 0) is 0 Å². The van der Waals surface area contributed by atoms with Gasteiger partial charge in [0.2, 0.25) is 0 Å². The summed E-state index contributed by atoms with van der Waals surface area (Å²) >= 11 is 6.57. The molecule has 2 aliphatic rings. The van der Waals surface area contributed by atoms with Gasteiger partial charge in [0.25, 0.3) is 5.91 Å². The van der Waals surface area contributed by atoms with E-state index in [2.05, 4.69) is 20.3 Å². The minimum Gasteiger partial charge on any atom is -0.338 e. The summed E-state index contributed by atoms with van der Waals surface area (Å²) in [4.78, 5) is 19.7. The van der Waals surface area contributed by atoms with Gasteiger partial charge in [-0.1, -0.05) is 29.8 Å². The van der Waals surface area contributed by atoms with Crippen molar-refractivity contribution in [2.24, 2.45) is 0 Å². The molecule has 3 aromatic rings. The second-order valence-electron chi connectivity index (χ2n) is 7.92. The Hall–Kier alpha value is -2.67. The van der Waals surface area contributed by atoms with Crippen LogP contribution < -0.4 is 0 Å². The lowest BCUT2D eigenvalue weighted by molar-refractivity contribution is 0.0710. The molecule has 2 aromatic heterocycles. The van der Waals surface area contributed by atoms with E-state index >= 15 is 0 Å². The predicted molar refractivity (Wildman–Crippen MR) is 110 cm³/mol. The first-order chi connectivity index (χ1) is 14.1. The van der Waals surface area contributed by atoms with Gasteiger partial charge in [0, 0.05) is 24.9 Å². The number of H-pyrrole nitrogens is 1. The maximum absolute atomic E-state index is 13.2. The number of halogens is 1. The van der Waals surface area contributed by atoms with Crippen LogP contribution in [0.4, 0.5) is 0 Å². The number of nitrogens with one attached hydrogen (secondary N) is 1. The van der Waals surface area contributed by atoms with Gasteiger partial charge in [-0.05, 0) is 44.7 Å². The molecule has 2 fully saturated rings. The molecular weight excluding hydrogens is 388 g/mol. The highest BCUT2D eigenvalue weighted by Crippen LogP contribution is 2.38. The molecule has 1 aromatic carbocycles. The molecular formula is C21H23ClN6O. The molecule has 8 heteroatoms. The summed E-state index contributed by atoms with van der Waals surface area (Å²) in [6, 6.07) is 9.63. The molecule has 7 nitrogen and oxygen atoms in total. The van der Waals surface area contributed by atoms with Crippen molar-refractivity contribution in [1.29, 1.82) is 0 Å². The van der Waals surface area contributed by atoms with E-state index in [0.29, 0.717) is 41.3 Å². The van der Waals surface area contributed by atoms with Gasteiger partial charge in [-0.2, -0.15) is 10.2 Å². The Kier molecular flexibility index (Phi) is 4.62. The summed E-state index contributed by atoms with van der Waals surface area (Å²) in [5.41, 5.74) is 1.98. The minimum absolute atomic E-state index is 0.0515. The lowest BCUT2D eigenvalue weighted by Crippen LogP contribution is -2.38. The molecule has 0 spiro atoms. The number of piperidine rings is 1. The Morgan fingerprint density at radius 1 is 1.10 bits per heavy atom. The van der Waals surface area contributed by atoms with E-state index < -0.39 is 0 Å². The standard InChI is InChI=1S/C21H23ClN6O/c1-13-17(18(22)28(26-13)16-5-3-2-4-6-16)21(29)27-11-9-15(10-12-27)20-23-19(24-25-20)14-7-8-14/h2-6,14-15H,7-12H2,1H3,(H,23,24,25). The second kappa shape index (κ2) is 7.30. The van der Waals surface area contributed by atoms with Gasteiger partial charge in [0.1, 0.15) is 11.0 Å². The zero-order chi connectivity index (χ0) is 20.0. The average molecular weight is 411 g/mol. The van der Waals surface area contributed by atoms with Crippen LogP contribution in [0.25, 0.3) is 5.69 Å². The first-order valence-electron chi connectivity index (χ1n) is 10.1. The van der Waals surface area contributed by atoms with Crippen molar-refractivity contribution in [1.82, 2.24) is 29.9 Å². The van der Waals surface area contributed by atoms with Crippen molar-refractivity contribution in [3.8, 4) is 5.69 Å². The molecule has 1 N–H and O–H groups in total. The van der Waals surface area contributed by atoms with E-state index in [4.69, 9.17) is 11.6 Å². The lowest BCUT2D eigenvalue weighted by Gasteiger charge is -2.31. The first-order valence-corrected chi connectivity index (χ1v) is 10.5. The highest BCUT2D eigenvalue weighted by atomic mass is 35.5. The largest absolute Gasteiger partial charge is 0.338 e. The number of para-hydroxylation sites is 1. The number of likely N-dealkylation sites (tertiary alicyclic amines) is 1. The third-order valence-corrected chi connectivity index (χ3v) is 6.20. The normalized spacial score (nSPS) is 17.7. The number of hydrogen-bond acceptors (Lipinski definition) is 4. The third kappa shape index (κ3) is 3.44. The predicted octanol–water partition coefficient (Wildman–Crippen LogP) is 3.85. The number of nitrogens with zero attached hydrogens (tertiary/aromatic N) is 5. The fourth-order valence-corrected chi connectivity index (χ4v) is 4.34. The van der Waals surface area contributed by atoms with Gasteiger partial charge in [-0.15, -0.1) is 0 Å². The topological polar surface area (TPSA) is 79.7 Å². The van der Waals surface area contributed by atoms with E-state index in [1.807, 2.05) is 42.2 Å². The third-order valence-electron chi connectivity index (χ3n) is 5.85. The summed E-state index contributed by atoms with van der Waals surface area (Å²) in [7, 11) is 0. The molecule has 3 heterocycles. The van der Waals surface area contributed by atoms with Gasteiger partial charge in [0.05, 0.1) is 16.9 Å². The van der Waals surface area contributed by atoms with Crippen LogP contribution in [0.2, 0.25) is 5.15 Å². The molecule has 150 valence electrons. The summed E-state index contributed by atoms with van der Waals surface area (Å²) in [6.07, 6.45) is 4.13. The monoisotopic (exact) mass is 410 g/mol. The fraction of sp³-hybridized carbons (Fsp3) is 0.429. The van der Waals surface area contributed by atoms with Gasteiger partial charge in [0.15, 0.2) is 5.82 Å². The van der Waals surface area contributed by atoms with Gasteiger partial charge >= 0.3 is 0 Å². The Morgan fingerprint density at radius 2 is 1.83 bits per heavy atom. The van der Waals surface area contributed by atoms with Gasteiger partial charge < -0.3 is 4.90 Å². The van der Waals surface area contributed by atoms with Crippen LogP contribution in [0.1, 0.15) is 65.2 Å². The number of amides is 1. The molecule has 1 aliphatic carbocycles. The molecule has 0 unspecified atom stereocenters. The van der Waals surface area contributed by atoms with Crippen LogP contribution in [0.3, 0.4) is 0 Å². The van der Waals surface area contributed by atoms with Crippen LogP contribution in [0.5, 0.6) is 0 Å². The van der Waals surface area contributed by atoms with E-state index in [1.165, 1.54) is 12.8 Å². The highest BCUT2D eigenvalue weighted by Gasteiger charge is 2.32. The molecule has 1 saturated heterocycles. The van der Waals surface area contributed by atoms with Crippen molar-refractivity contribution in [2.45, 2.75) is 44.4 Å². The molecule has 1 saturated carbocycles. The van der Waals surface area contributed by atoms with Crippen molar-refractivity contribution in [3.05, 3.63) is 58.4 Å². The van der Waals surface area contributed by atoms with E-state index in [1.54, 1.807) is 4.68 Å². The molecule has 0 bridgehead atoms. The summed E-state index contributed by atoms with van der Waals surface area (Å²) in [5.74, 6) is 2.74. The van der Waals surface area contributed by atoms with Gasteiger partial charge in [-0.3, -0.25) is 9.89 Å². The van der Waals surface area contributed by atoms with E-state index in [-0.39, 0.29) is 5.91 Å². The maximum atomic E-state index is 13.2. The number of benzene rings is 1. The first kappa shape index (κ1) is 18.4. The smallest absolute Gasteiger partial charge is 0.258 e. The number of aromatic nitrogens is 5. The highest BCUT2D eigenvalue weighted by molar-refractivity contribution is 6.33. The van der Waals surface area contributed by atoms with E-state index in [0.717, 1.165) is 30.2 Å². The van der Waals surface area contributed by atoms with Crippen LogP contribution in [0, 0.1) is 6.92 Å². The number of rotatable bonds is 4. The number of carbonyl (C=O) groups is 1. The van der Waals surface area contributed by atoms with Crippen LogP contribution >= 0.6 is 11.6 Å². The molecule has 5 rings (SSSR count). The minimum atomic E-state index is -0.0515. The number of aromatic amines is 1. The van der Waals surface area contributed by atoms with Crippen molar-refractivity contribution < 1.29 is 4.79 Å². The molecule has 0 atom stereocenters. The Balaban J connectivity index is 1.30. The van der Waals surface area contributed by atoms with E-state index in [9.17, 15) is 4.79 Å². The zero-order valence-corrected chi connectivity index (χ0v) is 17.1. The number of carbonyl (C=O) groups excluding carboxylic acids is 1. The maximum Gasteiger partial charge on any atom is 0.258 e. The molecule has 0 radical (unpaired) electrons. The number of aryl methyl sites for hydroxylation is 1. The number of hydrogen-bond donors (Lipinski definition) is 1. The lowest BCUT2D eigenvalue weighted by atomic mass is 9.95.